The van der Waals surface area contributed by atoms with Gasteiger partial charge in [0.25, 0.3) is 0 Å². The summed E-state index contributed by atoms with van der Waals surface area (Å²) in [5.74, 6) is 1.65. The number of nitrogens with one attached hydrogen (secondary N) is 1. The monoisotopic (exact) mass is 293 g/mol. The van der Waals surface area contributed by atoms with Gasteiger partial charge in [-0.1, -0.05) is 26.7 Å². The molecule has 2 atom stereocenters. The Labute approximate surface area is 131 Å². The summed E-state index contributed by atoms with van der Waals surface area (Å²) in [7, 11) is 2.22. The molecule has 2 saturated carbocycles. The van der Waals surface area contributed by atoms with Gasteiger partial charge in [-0.25, -0.2) is 0 Å². The van der Waals surface area contributed by atoms with Crippen LogP contribution < -0.4 is 5.32 Å². The van der Waals surface area contributed by atoms with Gasteiger partial charge in [0.1, 0.15) is 0 Å². The first-order chi connectivity index (χ1) is 10.1. The molecule has 2 heteroatoms. The van der Waals surface area contributed by atoms with Crippen LogP contribution in [0.2, 0.25) is 0 Å². The first kappa shape index (κ1) is 15.8. The molecule has 1 N–H and O–H groups in total. The van der Waals surface area contributed by atoms with E-state index in [1.54, 1.807) is 0 Å². The Balaban J connectivity index is 1.75. The summed E-state index contributed by atoms with van der Waals surface area (Å²) in [5.41, 5.74) is 0.853. The molecule has 3 fully saturated rings. The highest BCUT2D eigenvalue weighted by Gasteiger charge is 2.49. The molecule has 0 amide bonds. The van der Waals surface area contributed by atoms with Crippen molar-refractivity contribution in [3.63, 3.8) is 0 Å². The summed E-state index contributed by atoms with van der Waals surface area (Å²) in [4.78, 5) is 0. The Bertz CT molecular complexity index is 341. The smallest absolute Gasteiger partial charge is 0.0685 e. The molecule has 0 radical (unpaired) electrons. The van der Waals surface area contributed by atoms with E-state index in [4.69, 9.17) is 4.74 Å². The fraction of sp³-hybridized carbons (Fsp3) is 1.00. The van der Waals surface area contributed by atoms with E-state index in [0.29, 0.717) is 11.5 Å². The summed E-state index contributed by atoms with van der Waals surface area (Å²) >= 11 is 0. The van der Waals surface area contributed by atoms with Gasteiger partial charge in [0, 0.05) is 12.6 Å². The predicted octanol–water partition coefficient (Wildman–Crippen LogP) is 4.53. The van der Waals surface area contributed by atoms with E-state index in [1.807, 2.05) is 0 Å². The van der Waals surface area contributed by atoms with Crippen molar-refractivity contribution in [1.29, 1.82) is 0 Å². The van der Waals surface area contributed by atoms with Crippen molar-refractivity contribution in [2.75, 3.05) is 13.7 Å². The lowest BCUT2D eigenvalue weighted by atomic mass is 9.63. The second kappa shape index (κ2) is 6.20. The van der Waals surface area contributed by atoms with Gasteiger partial charge in [0.15, 0.2) is 0 Å². The topological polar surface area (TPSA) is 21.3 Å². The maximum atomic E-state index is 6.18. The molecular weight excluding hydrogens is 258 g/mol. The number of hydrogen-bond acceptors (Lipinski definition) is 2. The first-order valence-corrected chi connectivity index (χ1v) is 9.40. The summed E-state index contributed by atoms with van der Waals surface area (Å²) in [6, 6.07) is 0.712. The lowest BCUT2D eigenvalue weighted by Gasteiger charge is -2.52. The normalized spacial score (nSPS) is 32.3. The zero-order chi connectivity index (χ0) is 14.9. The maximum Gasteiger partial charge on any atom is 0.0685 e. The summed E-state index contributed by atoms with van der Waals surface area (Å²) in [5, 5.41) is 3.79. The van der Waals surface area contributed by atoms with Crippen LogP contribution in [0.1, 0.15) is 78.1 Å². The van der Waals surface area contributed by atoms with E-state index in [-0.39, 0.29) is 5.60 Å². The average molecular weight is 293 g/mol. The van der Waals surface area contributed by atoms with Crippen molar-refractivity contribution in [3.8, 4) is 0 Å². The highest BCUT2D eigenvalue weighted by molar-refractivity contribution is 5.03. The van der Waals surface area contributed by atoms with Crippen molar-refractivity contribution in [1.82, 2.24) is 5.32 Å². The first-order valence-electron chi connectivity index (χ1n) is 9.40. The van der Waals surface area contributed by atoms with Crippen LogP contribution in [0.5, 0.6) is 0 Å². The molecule has 2 unspecified atom stereocenters. The van der Waals surface area contributed by atoms with Gasteiger partial charge in [-0.15, -0.1) is 0 Å². The summed E-state index contributed by atoms with van der Waals surface area (Å²) in [6.07, 6.45) is 13.8. The molecule has 1 saturated heterocycles. The molecule has 122 valence electrons. The van der Waals surface area contributed by atoms with Crippen molar-refractivity contribution in [2.24, 2.45) is 17.3 Å². The van der Waals surface area contributed by atoms with Gasteiger partial charge in [-0.3, -0.25) is 0 Å². The van der Waals surface area contributed by atoms with E-state index >= 15 is 0 Å². The van der Waals surface area contributed by atoms with Gasteiger partial charge in [0.05, 0.1) is 5.60 Å². The van der Waals surface area contributed by atoms with Gasteiger partial charge in [-0.2, -0.15) is 0 Å². The molecule has 0 bridgehead atoms. The Hall–Kier alpha value is -0.0800. The molecule has 2 aliphatic carbocycles. The molecule has 0 aromatic carbocycles. The molecular formula is C19H35NO. The van der Waals surface area contributed by atoms with E-state index < -0.39 is 0 Å². The molecule has 3 aliphatic rings. The van der Waals surface area contributed by atoms with Crippen LogP contribution in [0.3, 0.4) is 0 Å². The predicted molar refractivity (Wildman–Crippen MR) is 88.5 cm³/mol. The van der Waals surface area contributed by atoms with Gasteiger partial charge >= 0.3 is 0 Å². The van der Waals surface area contributed by atoms with Crippen molar-refractivity contribution < 1.29 is 4.74 Å². The van der Waals surface area contributed by atoms with E-state index in [2.05, 4.69) is 26.2 Å². The summed E-state index contributed by atoms with van der Waals surface area (Å²) < 4.78 is 6.18. The van der Waals surface area contributed by atoms with Gasteiger partial charge < -0.3 is 10.1 Å². The third-order valence-electron chi connectivity index (χ3n) is 6.65. The molecule has 3 rings (SSSR count). The second-order valence-corrected chi connectivity index (χ2v) is 8.57. The largest absolute Gasteiger partial charge is 0.375 e. The number of hydrogen-bond donors (Lipinski definition) is 1. The second-order valence-electron chi connectivity index (χ2n) is 8.57. The lowest BCUT2D eigenvalue weighted by Crippen LogP contribution is -2.54. The third-order valence-corrected chi connectivity index (χ3v) is 6.65. The van der Waals surface area contributed by atoms with Gasteiger partial charge in [-0.05, 0) is 75.7 Å². The Kier molecular flexibility index (Phi) is 4.66. The quantitative estimate of drug-likeness (QED) is 0.804. The molecule has 2 nitrogen and oxygen atoms in total. The van der Waals surface area contributed by atoms with Crippen molar-refractivity contribution in [3.05, 3.63) is 0 Å². The van der Waals surface area contributed by atoms with Crippen LogP contribution in [-0.4, -0.2) is 25.3 Å². The van der Waals surface area contributed by atoms with Crippen LogP contribution in [-0.2, 0) is 4.74 Å². The summed E-state index contributed by atoms with van der Waals surface area (Å²) in [6.45, 7) is 5.81. The molecule has 1 aliphatic heterocycles. The van der Waals surface area contributed by atoms with Crippen LogP contribution in [0.4, 0.5) is 0 Å². The van der Waals surface area contributed by atoms with E-state index in [1.165, 1.54) is 64.2 Å². The third kappa shape index (κ3) is 3.03. The van der Waals surface area contributed by atoms with Crippen LogP contribution in [0, 0.1) is 17.3 Å². The standard InChI is InChI=1S/C19H35NO/c1-15(2)13-18(8-4-5-9-18)17(20-3)16-7-12-21-19(14-16)10-6-11-19/h15-17,20H,4-14H2,1-3H3. The highest BCUT2D eigenvalue weighted by atomic mass is 16.5. The molecule has 0 aromatic heterocycles. The van der Waals surface area contributed by atoms with Gasteiger partial charge in [0.2, 0.25) is 0 Å². The molecule has 0 aromatic rings. The minimum atomic E-state index is 0.287. The maximum absolute atomic E-state index is 6.18. The molecule has 1 spiro atoms. The van der Waals surface area contributed by atoms with Crippen LogP contribution in [0.25, 0.3) is 0 Å². The lowest BCUT2D eigenvalue weighted by molar-refractivity contribution is -0.152. The SMILES string of the molecule is CNC(C1CCOC2(CCC2)C1)C1(CC(C)C)CCCC1. The van der Waals surface area contributed by atoms with Crippen molar-refractivity contribution >= 4 is 0 Å². The minimum absolute atomic E-state index is 0.287. The Morgan fingerprint density at radius 3 is 2.33 bits per heavy atom. The zero-order valence-electron chi connectivity index (χ0n) is 14.4. The van der Waals surface area contributed by atoms with Crippen LogP contribution >= 0.6 is 0 Å². The molecule has 1 heterocycles. The Morgan fingerprint density at radius 1 is 1.10 bits per heavy atom. The fourth-order valence-corrected chi connectivity index (χ4v) is 5.85. The molecule has 21 heavy (non-hydrogen) atoms. The Morgan fingerprint density at radius 2 is 1.81 bits per heavy atom. The zero-order valence-corrected chi connectivity index (χ0v) is 14.4. The highest BCUT2D eigenvalue weighted by Crippen LogP contribution is 2.52. The fourth-order valence-electron chi connectivity index (χ4n) is 5.85. The van der Waals surface area contributed by atoms with Crippen LogP contribution in [0.15, 0.2) is 0 Å². The van der Waals surface area contributed by atoms with E-state index in [0.717, 1.165) is 18.4 Å². The van der Waals surface area contributed by atoms with E-state index in [9.17, 15) is 0 Å². The number of ether oxygens (including phenoxy) is 1. The average Bonchev–Trinajstić information content (AvgIpc) is 2.86. The number of rotatable bonds is 5. The van der Waals surface area contributed by atoms with Crippen molar-refractivity contribution in [2.45, 2.75) is 89.7 Å². The minimum Gasteiger partial charge on any atom is -0.375 e.